The van der Waals surface area contributed by atoms with Crippen LogP contribution in [0.2, 0.25) is 5.02 Å². The van der Waals surface area contributed by atoms with Gasteiger partial charge in [-0.25, -0.2) is 0 Å². The van der Waals surface area contributed by atoms with Crippen LogP contribution in [0.1, 0.15) is 16.1 Å². The van der Waals surface area contributed by atoms with Gasteiger partial charge in [-0.05, 0) is 30.3 Å². The van der Waals surface area contributed by atoms with Gasteiger partial charge < -0.3 is 10.4 Å². The SMILES string of the molecule is O=C(NCc1ccccn1)c1cc(Cl)ccc1O. The van der Waals surface area contributed by atoms with E-state index < -0.39 is 0 Å². The minimum Gasteiger partial charge on any atom is -0.507 e. The second-order valence-electron chi connectivity index (χ2n) is 3.67. The number of halogens is 1. The highest BCUT2D eigenvalue weighted by Crippen LogP contribution is 2.21. The average molecular weight is 263 g/mol. The summed E-state index contributed by atoms with van der Waals surface area (Å²) in [5, 5.41) is 12.6. The second kappa shape index (κ2) is 5.51. The van der Waals surface area contributed by atoms with Crippen LogP contribution in [0.25, 0.3) is 0 Å². The largest absolute Gasteiger partial charge is 0.507 e. The summed E-state index contributed by atoms with van der Waals surface area (Å²) in [7, 11) is 0. The number of phenols is 1. The highest BCUT2D eigenvalue weighted by molar-refractivity contribution is 6.31. The van der Waals surface area contributed by atoms with E-state index in [1.807, 2.05) is 6.07 Å². The number of benzene rings is 1. The van der Waals surface area contributed by atoms with Crippen molar-refractivity contribution in [2.45, 2.75) is 6.54 Å². The molecule has 0 saturated carbocycles. The topological polar surface area (TPSA) is 62.2 Å². The third-order valence-corrected chi connectivity index (χ3v) is 2.59. The van der Waals surface area contributed by atoms with Crippen molar-refractivity contribution in [3.63, 3.8) is 0 Å². The quantitative estimate of drug-likeness (QED) is 0.893. The molecule has 0 aliphatic heterocycles. The molecule has 0 aliphatic rings. The fourth-order valence-corrected chi connectivity index (χ4v) is 1.63. The molecule has 0 fully saturated rings. The third kappa shape index (κ3) is 2.99. The van der Waals surface area contributed by atoms with Gasteiger partial charge in [0.1, 0.15) is 5.75 Å². The van der Waals surface area contributed by atoms with Crippen LogP contribution >= 0.6 is 11.6 Å². The predicted octanol–water partition coefficient (Wildman–Crippen LogP) is 2.37. The first-order valence-electron chi connectivity index (χ1n) is 5.33. The van der Waals surface area contributed by atoms with Crippen molar-refractivity contribution in [3.05, 3.63) is 58.9 Å². The van der Waals surface area contributed by atoms with E-state index in [2.05, 4.69) is 10.3 Å². The summed E-state index contributed by atoms with van der Waals surface area (Å²) in [5.41, 5.74) is 0.894. The number of pyridine rings is 1. The average Bonchev–Trinajstić information content (AvgIpc) is 2.40. The molecule has 5 heteroatoms. The molecule has 0 atom stereocenters. The van der Waals surface area contributed by atoms with Crippen LogP contribution in [0, 0.1) is 0 Å². The molecule has 0 spiro atoms. The molecule has 92 valence electrons. The first-order chi connectivity index (χ1) is 8.66. The molecular weight excluding hydrogens is 252 g/mol. The summed E-state index contributed by atoms with van der Waals surface area (Å²) >= 11 is 5.77. The number of phenolic OH excluding ortho intramolecular Hbond substituents is 1. The van der Waals surface area contributed by atoms with Gasteiger partial charge in [-0.3, -0.25) is 9.78 Å². The highest BCUT2D eigenvalue weighted by atomic mass is 35.5. The van der Waals surface area contributed by atoms with Gasteiger partial charge >= 0.3 is 0 Å². The van der Waals surface area contributed by atoms with Gasteiger partial charge in [-0.2, -0.15) is 0 Å². The van der Waals surface area contributed by atoms with Crippen LogP contribution in [-0.2, 0) is 6.54 Å². The van der Waals surface area contributed by atoms with E-state index in [4.69, 9.17) is 11.6 Å². The molecule has 4 nitrogen and oxygen atoms in total. The Bertz CT molecular complexity index is 558. The number of nitrogens with one attached hydrogen (secondary N) is 1. The maximum absolute atomic E-state index is 11.8. The first kappa shape index (κ1) is 12.4. The number of amides is 1. The maximum atomic E-state index is 11.8. The Morgan fingerprint density at radius 2 is 2.17 bits per heavy atom. The van der Waals surface area contributed by atoms with Crippen molar-refractivity contribution >= 4 is 17.5 Å². The monoisotopic (exact) mass is 262 g/mol. The molecular formula is C13H11ClN2O2. The van der Waals surface area contributed by atoms with E-state index in [-0.39, 0.29) is 17.2 Å². The molecule has 0 bridgehead atoms. The van der Waals surface area contributed by atoms with Crippen molar-refractivity contribution in [1.82, 2.24) is 10.3 Å². The van der Waals surface area contributed by atoms with Gasteiger partial charge in [0.25, 0.3) is 5.91 Å². The summed E-state index contributed by atoms with van der Waals surface area (Å²) in [6, 6.07) is 9.77. The summed E-state index contributed by atoms with van der Waals surface area (Å²) in [5.74, 6) is -0.487. The zero-order valence-electron chi connectivity index (χ0n) is 9.43. The number of carbonyl (C=O) groups excluding carboxylic acids is 1. The van der Waals surface area contributed by atoms with Crippen molar-refractivity contribution in [2.75, 3.05) is 0 Å². The zero-order valence-corrected chi connectivity index (χ0v) is 10.2. The fraction of sp³-hybridized carbons (Fsp3) is 0.0769. The van der Waals surface area contributed by atoms with E-state index in [9.17, 15) is 9.90 Å². The van der Waals surface area contributed by atoms with Crippen LogP contribution in [-0.4, -0.2) is 16.0 Å². The fourth-order valence-electron chi connectivity index (χ4n) is 1.46. The van der Waals surface area contributed by atoms with Gasteiger partial charge in [0, 0.05) is 11.2 Å². The summed E-state index contributed by atoms with van der Waals surface area (Å²) in [6.07, 6.45) is 1.65. The zero-order chi connectivity index (χ0) is 13.0. The minimum absolute atomic E-state index is 0.0991. The lowest BCUT2D eigenvalue weighted by molar-refractivity contribution is 0.0948. The molecule has 2 aromatic rings. The van der Waals surface area contributed by atoms with Crippen LogP contribution in [0.5, 0.6) is 5.75 Å². The lowest BCUT2D eigenvalue weighted by Crippen LogP contribution is -2.23. The van der Waals surface area contributed by atoms with Gasteiger partial charge in [0.05, 0.1) is 17.8 Å². The molecule has 0 radical (unpaired) electrons. The number of aromatic hydroxyl groups is 1. The lowest BCUT2D eigenvalue weighted by Gasteiger charge is -2.06. The Labute approximate surface area is 109 Å². The molecule has 2 N–H and O–H groups in total. The summed E-state index contributed by atoms with van der Waals surface area (Å²) in [4.78, 5) is 15.9. The Morgan fingerprint density at radius 3 is 2.89 bits per heavy atom. The first-order valence-corrected chi connectivity index (χ1v) is 5.71. The van der Waals surface area contributed by atoms with Crippen molar-refractivity contribution in [3.8, 4) is 5.75 Å². The predicted molar refractivity (Wildman–Crippen MR) is 68.5 cm³/mol. The standard InChI is InChI=1S/C13H11ClN2O2/c14-9-4-5-12(17)11(7-9)13(18)16-8-10-3-1-2-6-15-10/h1-7,17H,8H2,(H,16,18). The number of rotatable bonds is 3. The van der Waals surface area contributed by atoms with Gasteiger partial charge in [0.2, 0.25) is 0 Å². The number of hydrogen-bond donors (Lipinski definition) is 2. The van der Waals surface area contributed by atoms with Crippen LogP contribution < -0.4 is 5.32 Å². The van der Waals surface area contributed by atoms with E-state index in [1.54, 1.807) is 18.3 Å². The normalized spacial score (nSPS) is 10.1. The highest BCUT2D eigenvalue weighted by Gasteiger charge is 2.11. The molecule has 1 heterocycles. The van der Waals surface area contributed by atoms with Gasteiger partial charge in [0.15, 0.2) is 0 Å². The summed E-state index contributed by atoms with van der Waals surface area (Å²) < 4.78 is 0. The van der Waals surface area contributed by atoms with Gasteiger partial charge in [-0.1, -0.05) is 17.7 Å². The molecule has 1 amide bonds. The number of hydrogen-bond acceptors (Lipinski definition) is 3. The Kier molecular flexibility index (Phi) is 3.79. The van der Waals surface area contributed by atoms with E-state index in [0.717, 1.165) is 5.69 Å². The number of nitrogens with zero attached hydrogens (tertiary/aromatic N) is 1. The van der Waals surface area contributed by atoms with E-state index >= 15 is 0 Å². The molecule has 2 rings (SSSR count). The number of aromatic nitrogens is 1. The Morgan fingerprint density at radius 1 is 1.33 bits per heavy atom. The van der Waals surface area contributed by atoms with Crippen molar-refractivity contribution in [2.24, 2.45) is 0 Å². The maximum Gasteiger partial charge on any atom is 0.255 e. The van der Waals surface area contributed by atoms with Crippen LogP contribution in [0.4, 0.5) is 0 Å². The second-order valence-corrected chi connectivity index (χ2v) is 4.10. The van der Waals surface area contributed by atoms with E-state index in [0.29, 0.717) is 11.6 Å². The van der Waals surface area contributed by atoms with Crippen molar-refractivity contribution < 1.29 is 9.90 Å². The molecule has 1 aromatic carbocycles. The van der Waals surface area contributed by atoms with Crippen molar-refractivity contribution in [1.29, 1.82) is 0 Å². The summed E-state index contributed by atoms with van der Waals surface area (Å²) in [6.45, 7) is 0.297. The number of carbonyl (C=O) groups is 1. The van der Waals surface area contributed by atoms with Crippen LogP contribution in [0.15, 0.2) is 42.6 Å². The minimum atomic E-state index is -0.388. The van der Waals surface area contributed by atoms with Gasteiger partial charge in [-0.15, -0.1) is 0 Å². The molecule has 18 heavy (non-hydrogen) atoms. The Hall–Kier alpha value is -2.07. The lowest BCUT2D eigenvalue weighted by atomic mass is 10.2. The van der Waals surface area contributed by atoms with Crippen LogP contribution in [0.3, 0.4) is 0 Å². The van der Waals surface area contributed by atoms with E-state index in [1.165, 1.54) is 18.2 Å². The molecule has 0 unspecified atom stereocenters. The molecule has 1 aromatic heterocycles. The smallest absolute Gasteiger partial charge is 0.255 e. The third-order valence-electron chi connectivity index (χ3n) is 2.36. The molecule has 0 aliphatic carbocycles. The Balaban J connectivity index is 2.06. The molecule has 0 saturated heterocycles.